The Morgan fingerprint density at radius 3 is 2.37 bits per heavy atom. The minimum Gasteiger partial charge on any atom is -0.465 e. The van der Waals surface area contributed by atoms with Gasteiger partial charge < -0.3 is 19.9 Å². The Labute approximate surface area is 240 Å². The molecule has 4 rings (SSSR count). The van der Waals surface area contributed by atoms with Gasteiger partial charge in [-0.3, -0.25) is 14.3 Å². The van der Waals surface area contributed by atoms with Crippen molar-refractivity contribution < 1.29 is 31.5 Å². The second-order valence-corrected chi connectivity index (χ2v) is 18.3. The average Bonchev–Trinajstić information content (AvgIpc) is 2.88. The number of piperidine rings is 1. The van der Waals surface area contributed by atoms with Crippen molar-refractivity contribution in [3.63, 3.8) is 0 Å². The standard InChI is InChI=1S/C27H37F2N5O5SSi/c1-4-39-25(35)19-40(37,38)32-21-5-6-22(23(17-21)33-13-15-41(2,3)16-14-33)26(36)31-20-7-10-30-24(18-20)34-11-8-27(28,29)9-12-34/h5-7,10,17-18,32H,4,8-9,11-16,19H2,1-3H3,(H,30,31,36). The molecule has 2 saturated heterocycles. The summed E-state index contributed by atoms with van der Waals surface area (Å²) in [6.07, 6.45) is 1.03. The zero-order valence-corrected chi connectivity index (χ0v) is 25.4. The molecule has 2 aliphatic rings. The molecule has 2 aromatic rings. The van der Waals surface area contributed by atoms with E-state index in [1.807, 2.05) is 0 Å². The number of carbonyl (C=O) groups excluding carboxylic acids is 2. The maximum absolute atomic E-state index is 13.6. The van der Waals surface area contributed by atoms with Gasteiger partial charge in [0.1, 0.15) is 5.82 Å². The van der Waals surface area contributed by atoms with E-state index in [1.54, 1.807) is 36.1 Å². The zero-order chi connectivity index (χ0) is 29.8. The van der Waals surface area contributed by atoms with Crippen LogP contribution in [0.5, 0.6) is 0 Å². The maximum Gasteiger partial charge on any atom is 0.323 e. The Bertz CT molecular complexity index is 1370. The first kappa shape index (κ1) is 30.7. The van der Waals surface area contributed by atoms with Crippen LogP contribution in [0.15, 0.2) is 36.5 Å². The number of anilines is 4. The topological polar surface area (TPSA) is 121 Å². The van der Waals surface area contributed by atoms with E-state index in [-0.39, 0.29) is 38.2 Å². The number of carbonyl (C=O) groups is 2. The summed E-state index contributed by atoms with van der Waals surface area (Å²) in [7, 11) is -5.37. The van der Waals surface area contributed by atoms with Crippen molar-refractivity contribution in [3.8, 4) is 0 Å². The number of rotatable bonds is 9. The van der Waals surface area contributed by atoms with Crippen LogP contribution in [0.2, 0.25) is 25.2 Å². The normalized spacial score (nSPS) is 18.5. The van der Waals surface area contributed by atoms with Crippen molar-refractivity contribution in [3.05, 3.63) is 42.1 Å². The third kappa shape index (κ3) is 8.38. The van der Waals surface area contributed by atoms with Crippen LogP contribution in [-0.2, 0) is 19.6 Å². The Hall–Kier alpha value is -3.26. The largest absolute Gasteiger partial charge is 0.465 e. The summed E-state index contributed by atoms with van der Waals surface area (Å²) in [6.45, 7) is 8.12. The van der Waals surface area contributed by atoms with E-state index in [9.17, 15) is 26.8 Å². The molecule has 1 amide bonds. The maximum atomic E-state index is 13.6. The van der Waals surface area contributed by atoms with Gasteiger partial charge >= 0.3 is 5.97 Å². The molecular formula is C27H37F2N5O5SSi. The van der Waals surface area contributed by atoms with Crippen LogP contribution in [0.1, 0.15) is 30.1 Å². The van der Waals surface area contributed by atoms with Gasteiger partial charge in [-0.05, 0) is 43.3 Å². The summed E-state index contributed by atoms with van der Waals surface area (Å²) < 4.78 is 59.5. The highest BCUT2D eigenvalue weighted by molar-refractivity contribution is 7.93. The second kappa shape index (κ2) is 12.3. The molecule has 224 valence electrons. The minimum absolute atomic E-state index is 0.0733. The molecule has 2 N–H and O–H groups in total. The third-order valence-electron chi connectivity index (χ3n) is 7.41. The predicted octanol–water partition coefficient (Wildman–Crippen LogP) is 4.40. The summed E-state index contributed by atoms with van der Waals surface area (Å²) in [5, 5.41) is 2.89. The average molecular weight is 610 g/mol. The Balaban J connectivity index is 1.56. The molecule has 0 radical (unpaired) electrons. The van der Waals surface area contributed by atoms with Crippen molar-refractivity contribution in [2.75, 3.05) is 58.4 Å². The summed E-state index contributed by atoms with van der Waals surface area (Å²) >= 11 is 0. The first-order chi connectivity index (χ1) is 19.3. The monoisotopic (exact) mass is 609 g/mol. The molecule has 0 unspecified atom stereocenters. The molecule has 2 aliphatic heterocycles. The number of aromatic nitrogens is 1. The summed E-state index contributed by atoms with van der Waals surface area (Å²) in [6, 6.07) is 9.99. The van der Waals surface area contributed by atoms with Gasteiger partial charge in [0.25, 0.3) is 11.8 Å². The third-order valence-corrected chi connectivity index (χ3v) is 11.7. The summed E-state index contributed by atoms with van der Waals surface area (Å²) in [5.41, 5.74) is 1.64. The number of benzene rings is 1. The van der Waals surface area contributed by atoms with E-state index in [0.29, 0.717) is 22.8 Å². The second-order valence-electron chi connectivity index (χ2n) is 11.2. The number of sulfonamides is 1. The van der Waals surface area contributed by atoms with Crippen molar-refractivity contribution in [1.29, 1.82) is 0 Å². The van der Waals surface area contributed by atoms with Crippen LogP contribution < -0.4 is 19.8 Å². The molecule has 0 aliphatic carbocycles. The molecule has 0 atom stereocenters. The molecular weight excluding hydrogens is 572 g/mol. The van der Waals surface area contributed by atoms with Gasteiger partial charge in [0, 0.05) is 57.0 Å². The van der Waals surface area contributed by atoms with Gasteiger partial charge in [-0.2, -0.15) is 0 Å². The van der Waals surface area contributed by atoms with Crippen LogP contribution in [0, 0.1) is 0 Å². The number of ether oxygens (including phenoxy) is 1. The van der Waals surface area contributed by atoms with Crippen molar-refractivity contribution in [2.45, 2.75) is 50.9 Å². The van der Waals surface area contributed by atoms with Gasteiger partial charge in [0.15, 0.2) is 5.75 Å². The number of esters is 1. The number of nitrogens with zero attached hydrogens (tertiary/aromatic N) is 3. The highest BCUT2D eigenvalue weighted by Crippen LogP contribution is 2.33. The van der Waals surface area contributed by atoms with Crippen LogP contribution >= 0.6 is 0 Å². The van der Waals surface area contributed by atoms with E-state index in [0.717, 1.165) is 25.2 Å². The van der Waals surface area contributed by atoms with Crippen molar-refractivity contribution >= 4 is 52.9 Å². The van der Waals surface area contributed by atoms with Gasteiger partial charge in [-0.1, -0.05) is 13.1 Å². The number of hydrogen-bond acceptors (Lipinski definition) is 8. The van der Waals surface area contributed by atoms with E-state index in [4.69, 9.17) is 4.74 Å². The van der Waals surface area contributed by atoms with Gasteiger partial charge in [-0.15, -0.1) is 0 Å². The number of nitrogens with one attached hydrogen (secondary N) is 2. The quantitative estimate of drug-likeness (QED) is 0.317. The fourth-order valence-corrected chi connectivity index (χ4v) is 7.86. The highest BCUT2D eigenvalue weighted by atomic mass is 32.2. The molecule has 0 bridgehead atoms. The number of hydrogen-bond donors (Lipinski definition) is 2. The zero-order valence-electron chi connectivity index (χ0n) is 23.6. The lowest BCUT2D eigenvalue weighted by molar-refractivity contribution is -0.139. The number of amides is 1. The molecule has 2 fully saturated rings. The lowest BCUT2D eigenvalue weighted by Crippen LogP contribution is -2.43. The SMILES string of the molecule is CCOC(=O)CS(=O)(=O)Nc1ccc(C(=O)Nc2ccnc(N3CCC(F)(F)CC3)c2)c(N2CC[Si](C)(C)CC2)c1. The van der Waals surface area contributed by atoms with E-state index < -0.39 is 41.6 Å². The summed E-state index contributed by atoms with van der Waals surface area (Å²) in [4.78, 5) is 33.4. The van der Waals surface area contributed by atoms with Crippen molar-refractivity contribution in [1.82, 2.24) is 4.98 Å². The molecule has 1 aromatic heterocycles. The molecule has 10 nitrogen and oxygen atoms in total. The van der Waals surface area contributed by atoms with E-state index in [1.165, 1.54) is 12.3 Å². The molecule has 0 spiro atoms. The predicted molar refractivity (Wildman–Crippen MR) is 158 cm³/mol. The lowest BCUT2D eigenvalue weighted by atomic mass is 10.1. The smallest absolute Gasteiger partial charge is 0.323 e. The number of halogens is 2. The van der Waals surface area contributed by atoms with Crippen LogP contribution in [0.4, 0.5) is 31.7 Å². The van der Waals surface area contributed by atoms with Crippen LogP contribution in [0.25, 0.3) is 0 Å². The Kier molecular flexibility index (Phi) is 9.21. The van der Waals surface area contributed by atoms with E-state index >= 15 is 0 Å². The molecule has 0 saturated carbocycles. The van der Waals surface area contributed by atoms with Gasteiger partial charge in [0.05, 0.1) is 31.6 Å². The fourth-order valence-electron chi connectivity index (χ4n) is 4.91. The number of pyridine rings is 1. The first-order valence-electron chi connectivity index (χ1n) is 13.7. The lowest BCUT2D eigenvalue weighted by Gasteiger charge is -2.38. The van der Waals surface area contributed by atoms with Gasteiger partial charge in [-0.25, -0.2) is 22.2 Å². The van der Waals surface area contributed by atoms with Crippen LogP contribution in [-0.4, -0.2) is 77.8 Å². The van der Waals surface area contributed by atoms with Crippen molar-refractivity contribution in [2.24, 2.45) is 0 Å². The molecule has 41 heavy (non-hydrogen) atoms. The minimum atomic E-state index is -4.02. The van der Waals surface area contributed by atoms with E-state index in [2.05, 4.69) is 33.0 Å². The Morgan fingerprint density at radius 2 is 1.71 bits per heavy atom. The number of alkyl halides is 2. The fraction of sp³-hybridized carbons (Fsp3) is 0.519. The molecule has 1 aromatic carbocycles. The first-order valence-corrected chi connectivity index (χ1v) is 18.8. The van der Waals surface area contributed by atoms with Crippen LogP contribution in [0.3, 0.4) is 0 Å². The summed E-state index contributed by atoms with van der Waals surface area (Å²) in [5.74, 6) is -4.24. The Morgan fingerprint density at radius 1 is 1.02 bits per heavy atom. The van der Waals surface area contributed by atoms with Gasteiger partial charge in [0.2, 0.25) is 10.0 Å². The molecule has 14 heteroatoms. The molecule has 3 heterocycles. The highest BCUT2D eigenvalue weighted by Gasteiger charge is 2.34.